The minimum Gasteiger partial charge on any atom is -0.333 e. The van der Waals surface area contributed by atoms with Crippen LogP contribution in [0.15, 0.2) is 0 Å². The minimum atomic E-state index is -1.91. The second kappa shape index (κ2) is 3.14. The Balaban J connectivity index is 2.87. The van der Waals surface area contributed by atoms with Crippen LogP contribution in [-0.2, 0) is 4.79 Å². The molecule has 1 rings (SSSR count). The lowest BCUT2D eigenvalue weighted by Gasteiger charge is -2.20. The van der Waals surface area contributed by atoms with E-state index in [4.69, 9.17) is 11.6 Å². The molecule has 1 aliphatic heterocycles. The molecule has 0 aromatic rings. The first kappa shape index (κ1) is 10.2. The molecule has 6 heteroatoms. The van der Waals surface area contributed by atoms with Gasteiger partial charge in [0.05, 0.1) is 11.3 Å². The van der Waals surface area contributed by atoms with E-state index < -0.39 is 15.8 Å². The van der Waals surface area contributed by atoms with E-state index in [9.17, 15) is 14.9 Å². The number of likely N-dealkylation sites (tertiary alicyclic amines) is 1. The monoisotopic (exact) mass is 206 g/mol. The van der Waals surface area contributed by atoms with Crippen molar-refractivity contribution in [1.29, 1.82) is 0 Å². The Labute approximate surface area is 80.8 Å². The number of rotatable bonds is 2. The summed E-state index contributed by atoms with van der Waals surface area (Å²) in [5.41, 5.74) is 0. The van der Waals surface area contributed by atoms with E-state index in [2.05, 4.69) is 0 Å². The van der Waals surface area contributed by atoms with Crippen molar-refractivity contribution in [3.05, 3.63) is 10.1 Å². The van der Waals surface area contributed by atoms with Crippen molar-refractivity contribution < 1.29 is 9.72 Å². The second-order valence-corrected chi connectivity index (χ2v) is 3.98. The molecule has 1 saturated heterocycles. The number of hydrogen-bond donors (Lipinski definition) is 0. The van der Waals surface area contributed by atoms with Crippen molar-refractivity contribution in [2.75, 3.05) is 6.54 Å². The Kier molecular flexibility index (Phi) is 2.47. The quantitative estimate of drug-likeness (QED) is 0.291. The van der Waals surface area contributed by atoms with Crippen LogP contribution in [0.2, 0.25) is 0 Å². The molecule has 0 radical (unpaired) electrons. The van der Waals surface area contributed by atoms with Crippen LogP contribution in [-0.4, -0.2) is 33.3 Å². The topological polar surface area (TPSA) is 63.4 Å². The minimum absolute atomic E-state index is 0.0342. The fraction of sp³-hybridized carbons (Fsp3) is 0.857. The van der Waals surface area contributed by atoms with Crippen LogP contribution >= 0.6 is 11.6 Å². The molecule has 5 nitrogen and oxygen atoms in total. The van der Waals surface area contributed by atoms with Crippen LogP contribution in [0.1, 0.15) is 20.3 Å². The van der Waals surface area contributed by atoms with Crippen molar-refractivity contribution >= 4 is 17.5 Å². The average Bonchev–Trinajstić information content (AvgIpc) is 2.30. The molecule has 1 atom stereocenters. The zero-order valence-corrected chi connectivity index (χ0v) is 8.24. The molecule has 13 heavy (non-hydrogen) atoms. The van der Waals surface area contributed by atoms with Crippen molar-refractivity contribution in [3.63, 3.8) is 0 Å². The highest BCUT2D eigenvalue weighted by Crippen LogP contribution is 2.31. The van der Waals surface area contributed by atoms with Gasteiger partial charge in [0.15, 0.2) is 0 Å². The lowest BCUT2D eigenvalue weighted by molar-refractivity contribution is -0.524. The molecule has 0 N–H and O–H groups in total. The molecule has 0 aromatic heterocycles. The van der Waals surface area contributed by atoms with Gasteiger partial charge in [-0.1, -0.05) is 0 Å². The number of nitro groups is 1. The number of nitrogens with zero attached hydrogens (tertiary/aromatic N) is 2. The van der Waals surface area contributed by atoms with Crippen molar-refractivity contribution in [1.82, 2.24) is 4.90 Å². The third-order valence-corrected chi connectivity index (χ3v) is 2.67. The van der Waals surface area contributed by atoms with Gasteiger partial charge in [-0.25, -0.2) is 0 Å². The van der Waals surface area contributed by atoms with E-state index in [1.807, 2.05) is 0 Å². The Hall–Kier alpha value is -0.840. The molecule has 0 aromatic carbocycles. The Morgan fingerprint density at radius 1 is 1.69 bits per heavy atom. The molecule has 74 valence electrons. The van der Waals surface area contributed by atoms with Gasteiger partial charge in [-0.3, -0.25) is 14.9 Å². The number of alkyl halides is 1. The summed E-state index contributed by atoms with van der Waals surface area (Å²) in [6.07, 6.45) is 0.0819. The first-order valence-electron chi connectivity index (χ1n) is 4.04. The Morgan fingerprint density at radius 3 is 2.46 bits per heavy atom. The molecule has 0 spiro atoms. The molecule has 1 fully saturated rings. The largest absolute Gasteiger partial charge is 0.373 e. The summed E-state index contributed by atoms with van der Waals surface area (Å²) in [6, 6.07) is -0.0342. The van der Waals surface area contributed by atoms with E-state index in [1.54, 1.807) is 13.8 Å². The van der Waals surface area contributed by atoms with Crippen LogP contribution in [0.25, 0.3) is 0 Å². The van der Waals surface area contributed by atoms with Gasteiger partial charge >= 0.3 is 10.9 Å². The molecule has 0 saturated carbocycles. The number of halogens is 1. The Bertz CT molecular complexity index is 256. The number of carbonyl (C=O) groups excluding carboxylic acids is 1. The lowest BCUT2D eigenvalue weighted by atomic mass is 10.2. The molecule has 0 aliphatic carbocycles. The maximum atomic E-state index is 11.5. The van der Waals surface area contributed by atoms with Gasteiger partial charge in [0.1, 0.15) is 0 Å². The first-order valence-corrected chi connectivity index (χ1v) is 4.42. The van der Waals surface area contributed by atoms with Gasteiger partial charge in [0.2, 0.25) is 0 Å². The predicted octanol–water partition coefficient (Wildman–Crippen LogP) is 0.839. The van der Waals surface area contributed by atoms with Crippen molar-refractivity contribution in [2.24, 2.45) is 0 Å². The van der Waals surface area contributed by atoms with E-state index in [-0.39, 0.29) is 12.5 Å². The molecule has 1 heterocycles. The van der Waals surface area contributed by atoms with Gasteiger partial charge in [-0.15, -0.1) is 0 Å². The predicted molar refractivity (Wildman–Crippen MR) is 47.0 cm³/mol. The van der Waals surface area contributed by atoms with Crippen LogP contribution in [0, 0.1) is 10.1 Å². The van der Waals surface area contributed by atoms with Gasteiger partial charge in [0, 0.05) is 12.6 Å². The van der Waals surface area contributed by atoms with Gasteiger partial charge < -0.3 is 4.90 Å². The fourth-order valence-corrected chi connectivity index (χ4v) is 1.55. The zero-order valence-electron chi connectivity index (χ0n) is 7.49. The van der Waals surface area contributed by atoms with Crippen LogP contribution < -0.4 is 0 Å². The summed E-state index contributed by atoms with van der Waals surface area (Å²) in [5.74, 6) is -0.589. The summed E-state index contributed by atoms with van der Waals surface area (Å²) < 4.78 is 0. The van der Waals surface area contributed by atoms with E-state index in [0.29, 0.717) is 6.54 Å². The van der Waals surface area contributed by atoms with Crippen LogP contribution in [0.3, 0.4) is 0 Å². The highest BCUT2D eigenvalue weighted by molar-refractivity contribution is 6.33. The smallest absolute Gasteiger partial charge is 0.333 e. The maximum absolute atomic E-state index is 11.5. The van der Waals surface area contributed by atoms with Crippen molar-refractivity contribution in [2.45, 2.75) is 31.3 Å². The van der Waals surface area contributed by atoms with Gasteiger partial charge in [0.25, 0.3) is 0 Å². The average molecular weight is 207 g/mol. The standard InChI is InChI=1S/C7H11ClN2O3/c1-5(2)9-4-3-7(8,6(9)11)10(12)13/h5H,3-4H2,1-2H3. The summed E-state index contributed by atoms with van der Waals surface area (Å²) in [6.45, 7) is 3.97. The summed E-state index contributed by atoms with van der Waals surface area (Å²) in [7, 11) is 0. The highest BCUT2D eigenvalue weighted by atomic mass is 35.5. The second-order valence-electron chi connectivity index (χ2n) is 3.36. The molecular weight excluding hydrogens is 196 g/mol. The number of hydrogen-bond acceptors (Lipinski definition) is 3. The van der Waals surface area contributed by atoms with Crippen LogP contribution in [0.5, 0.6) is 0 Å². The fourth-order valence-electron chi connectivity index (χ4n) is 1.36. The first-order chi connectivity index (χ1) is 5.89. The van der Waals surface area contributed by atoms with E-state index >= 15 is 0 Å². The van der Waals surface area contributed by atoms with Crippen molar-refractivity contribution in [3.8, 4) is 0 Å². The number of carbonyl (C=O) groups is 1. The normalized spacial score (nSPS) is 28.6. The third kappa shape index (κ3) is 1.48. The molecule has 0 bridgehead atoms. The van der Waals surface area contributed by atoms with E-state index in [0.717, 1.165) is 0 Å². The number of amides is 1. The summed E-state index contributed by atoms with van der Waals surface area (Å²) in [4.78, 5) is 20.8. The van der Waals surface area contributed by atoms with Gasteiger partial charge in [-0.05, 0) is 25.4 Å². The van der Waals surface area contributed by atoms with Gasteiger partial charge in [-0.2, -0.15) is 0 Å². The summed E-state index contributed by atoms with van der Waals surface area (Å²) in [5, 5.41) is 10.5. The van der Waals surface area contributed by atoms with E-state index in [1.165, 1.54) is 4.90 Å². The molecule has 1 aliphatic rings. The zero-order chi connectivity index (χ0) is 10.2. The maximum Gasteiger partial charge on any atom is 0.373 e. The molecule has 1 amide bonds. The SMILES string of the molecule is CC(C)N1CCC(Cl)([N+](=O)[O-])C1=O. The lowest BCUT2D eigenvalue weighted by Crippen LogP contribution is -2.43. The molecular formula is C7H11ClN2O3. The molecule has 1 unspecified atom stereocenters. The third-order valence-electron chi connectivity index (χ3n) is 2.19. The highest BCUT2D eigenvalue weighted by Gasteiger charge is 2.56. The Morgan fingerprint density at radius 2 is 2.23 bits per heavy atom. The van der Waals surface area contributed by atoms with Crippen LogP contribution in [0.4, 0.5) is 0 Å². The summed E-state index contributed by atoms with van der Waals surface area (Å²) >= 11 is 5.60.